The van der Waals surface area contributed by atoms with Gasteiger partial charge in [-0.25, -0.2) is 0 Å². The Kier molecular flexibility index (Phi) is 12.0. The number of hydrogen-bond donors (Lipinski definition) is 2. The predicted octanol–water partition coefficient (Wildman–Crippen LogP) is 2.48. The Morgan fingerprint density at radius 2 is 1.65 bits per heavy atom. The molecule has 1 fully saturated rings. The monoisotopic (exact) mass is 326 g/mol. The van der Waals surface area contributed by atoms with E-state index in [4.69, 9.17) is 4.74 Å². The first-order chi connectivity index (χ1) is 11.2. The Bertz CT molecular complexity index is 303. The maximum atomic E-state index is 5.63. The second kappa shape index (κ2) is 13.6. The molecule has 0 aliphatic heterocycles. The highest BCUT2D eigenvalue weighted by molar-refractivity contribution is 5.79. The molecule has 1 aliphatic carbocycles. The topological polar surface area (TPSA) is 48.9 Å². The van der Waals surface area contributed by atoms with Crippen LogP contribution in [0.1, 0.15) is 51.4 Å². The van der Waals surface area contributed by atoms with E-state index in [9.17, 15) is 0 Å². The summed E-state index contributed by atoms with van der Waals surface area (Å²) in [5, 5.41) is 6.74. The first-order valence-electron chi connectivity index (χ1n) is 9.39. The number of rotatable bonds is 14. The molecule has 0 amide bonds. The highest BCUT2D eigenvalue weighted by atomic mass is 16.5. The quantitative estimate of drug-likeness (QED) is 0.292. The lowest BCUT2D eigenvalue weighted by Gasteiger charge is -2.12. The van der Waals surface area contributed by atoms with Crippen LogP contribution in [0.25, 0.3) is 0 Å². The fourth-order valence-corrected chi connectivity index (χ4v) is 2.43. The van der Waals surface area contributed by atoms with Gasteiger partial charge in [0.2, 0.25) is 0 Å². The Labute approximate surface area is 143 Å². The molecule has 0 radical (unpaired) electrons. The minimum Gasteiger partial charge on any atom is -0.381 e. The molecule has 0 aromatic rings. The first-order valence-corrected chi connectivity index (χ1v) is 9.39. The molecule has 0 aromatic carbocycles. The van der Waals surface area contributed by atoms with Crippen LogP contribution in [0.3, 0.4) is 0 Å². The largest absolute Gasteiger partial charge is 0.381 e. The van der Waals surface area contributed by atoms with E-state index in [-0.39, 0.29) is 0 Å². The molecule has 2 N–H and O–H groups in total. The molecular weight excluding hydrogens is 288 g/mol. The van der Waals surface area contributed by atoms with Gasteiger partial charge in [0.05, 0.1) is 0 Å². The number of ether oxygens (including phenoxy) is 1. The minimum atomic E-state index is 0.855. The van der Waals surface area contributed by atoms with E-state index in [1.807, 2.05) is 7.05 Å². The summed E-state index contributed by atoms with van der Waals surface area (Å²) in [7, 11) is 6.11. The van der Waals surface area contributed by atoms with Gasteiger partial charge in [-0.05, 0) is 58.7 Å². The standard InChI is InChI=1S/C18H38N4O/c1-19-18(21-13-9-15-23-16-17-10-11-17)20-12-7-5-4-6-8-14-22(2)3/h17H,4-16H2,1-3H3,(H2,19,20,21). The maximum absolute atomic E-state index is 5.63. The van der Waals surface area contributed by atoms with Crippen molar-refractivity contribution in [3.05, 3.63) is 0 Å². The molecule has 1 saturated carbocycles. The maximum Gasteiger partial charge on any atom is 0.190 e. The highest BCUT2D eigenvalue weighted by Crippen LogP contribution is 2.28. The molecule has 0 saturated heterocycles. The lowest BCUT2D eigenvalue weighted by molar-refractivity contribution is 0.123. The van der Waals surface area contributed by atoms with Crippen LogP contribution in [0.2, 0.25) is 0 Å². The Balaban J connectivity index is 1.83. The van der Waals surface area contributed by atoms with Crippen molar-refractivity contribution in [3.63, 3.8) is 0 Å². The van der Waals surface area contributed by atoms with Crippen molar-refractivity contribution in [2.24, 2.45) is 10.9 Å². The van der Waals surface area contributed by atoms with Crippen LogP contribution in [-0.4, -0.2) is 64.9 Å². The third kappa shape index (κ3) is 13.3. The lowest BCUT2D eigenvalue weighted by Crippen LogP contribution is -2.38. The molecular formula is C18H38N4O. The van der Waals surface area contributed by atoms with Crippen molar-refractivity contribution in [1.29, 1.82) is 0 Å². The van der Waals surface area contributed by atoms with Gasteiger partial charge < -0.3 is 20.3 Å². The molecule has 1 rings (SSSR count). The van der Waals surface area contributed by atoms with E-state index in [2.05, 4.69) is 34.6 Å². The van der Waals surface area contributed by atoms with Gasteiger partial charge in [0.15, 0.2) is 5.96 Å². The summed E-state index contributed by atoms with van der Waals surface area (Å²) in [5.74, 6) is 1.78. The van der Waals surface area contributed by atoms with E-state index in [0.29, 0.717) is 0 Å². The highest BCUT2D eigenvalue weighted by Gasteiger charge is 2.20. The van der Waals surface area contributed by atoms with Crippen molar-refractivity contribution in [3.8, 4) is 0 Å². The number of hydrogen-bond acceptors (Lipinski definition) is 3. The summed E-state index contributed by atoms with van der Waals surface area (Å²) in [4.78, 5) is 6.52. The summed E-state index contributed by atoms with van der Waals surface area (Å²) < 4.78 is 5.63. The van der Waals surface area contributed by atoms with Crippen LogP contribution in [-0.2, 0) is 4.74 Å². The van der Waals surface area contributed by atoms with Gasteiger partial charge in [-0.15, -0.1) is 0 Å². The molecule has 136 valence electrons. The summed E-state index contributed by atoms with van der Waals surface area (Å²) in [6, 6.07) is 0. The Morgan fingerprint density at radius 3 is 2.30 bits per heavy atom. The zero-order chi connectivity index (χ0) is 16.8. The van der Waals surface area contributed by atoms with E-state index in [1.54, 1.807) is 0 Å². The van der Waals surface area contributed by atoms with Crippen LogP contribution in [0.15, 0.2) is 4.99 Å². The van der Waals surface area contributed by atoms with E-state index >= 15 is 0 Å². The number of nitrogens with zero attached hydrogens (tertiary/aromatic N) is 2. The van der Waals surface area contributed by atoms with Gasteiger partial charge in [0, 0.05) is 33.4 Å². The molecule has 0 heterocycles. The third-order valence-electron chi connectivity index (χ3n) is 4.11. The zero-order valence-electron chi connectivity index (χ0n) is 15.6. The molecule has 0 atom stereocenters. The van der Waals surface area contributed by atoms with Crippen molar-refractivity contribution < 1.29 is 4.74 Å². The lowest BCUT2D eigenvalue weighted by atomic mass is 10.1. The normalized spacial score (nSPS) is 15.2. The minimum absolute atomic E-state index is 0.855. The van der Waals surface area contributed by atoms with Gasteiger partial charge in [0.25, 0.3) is 0 Å². The molecule has 0 aromatic heterocycles. The molecule has 23 heavy (non-hydrogen) atoms. The Hall–Kier alpha value is -0.810. The molecule has 5 heteroatoms. The summed E-state index contributed by atoms with van der Waals surface area (Å²) in [5.41, 5.74) is 0. The van der Waals surface area contributed by atoms with Crippen molar-refractivity contribution in [2.75, 3.05) is 54.0 Å². The van der Waals surface area contributed by atoms with E-state index < -0.39 is 0 Å². The summed E-state index contributed by atoms with van der Waals surface area (Å²) >= 11 is 0. The number of nitrogens with one attached hydrogen (secondary N) is 2. The van der Waals surface area contributed by atoms with Crippen LogP contribution in [0.5, 0.6) is 0 Å². The SMILES string of the molecule is CN=C(NCCCCCCCN(C)C)NCCCOCC1CC1. The molecule has 5 nitrogen and oxygen atoms in total. The second-order valence-electron chi connectivity index (χ2n) is 6.87. The van der Waals surface area contributed by atoms with Gasteiger partial charge in [-0.3, -0.25) is 4.99 Å². The van der Waals surface area contributed by atoms with Gasteiger partial charge >= 0.3 is 0 Å². The van der Waals surface area contributed by atoms with Gasteiger partial charge in [-0.2, -0.15) is 0 Å². The molecule has 1 aliphatic rings. The second-order valence-corrected chi connectivity index (χ2v) is 6.87. The van der Waals surface area contributed by atoms with Gasteiger partial charge in [0.1, 0.15) is 0 Å². The Morgan fingerprint density at radius 1 is 1.00 bits per heavy atom. The van der Waals surface area contributed by atoms with Crippen LogP contribution in [0, 0.1) is 5.92 Å². The van der Waals surface area contributed by atoms with Crippen LogP contribution in [0.4, 0.5) is 0 Å². The fourth-order valence-electron chi connectivity index (χ4n) is 2.43. The fraction of sp³-hybridized carbons (Fsp3) is 0.944. The third-order valence-corrected chi connectivity index (χ3v) is 4.11. The predicted molar refractivity (Wildman–Crippen MR) is 99.2 cm³/mol. The smallest absolute Gasteiger partial charge is 0.190 e. The summed E-state index contributed by atoms with van der Waals surface area (Å²) in [6.07, 6.45) is 10.3. The summed E-state index contributed by atoms with van der Waals surface area (Å²) in [6.45, 7) is 4.95. The van der Waals surface area contributed by atoms with Crippen molar-refractivity contribution >= 4 is 5.96 Å². The van der Waals surface area contributed by atoms with E-state index in [0.717, 1.165) is 44.6 Å². The van der Waals surface area contributed by atoms with Crippen molar-refractivity contribution in [2.45, 2.75) is 51.4 Å². The van der Waals surface area contributed by atoms with Gasteiger partial charge in [-0.1, -0.05) is 19.3 Å². The number of guanidine groups is 1. The van der Waals surface area contributed by atoms with Crippen LogP contribution < -0.4 is 10.6 Å². The first kappa shape index (κ1) is 20.2. The number of unbranched alkanes of at least 4 members (excludes halogenated alkanes) is 4. The van der Waals surface area contributed by atoms with Crippen molar-refractivity contribution in [1.82, 2.24) is 15.5 Å². The van der Waals surface area contributed by atoms with E-state index in [1.165, 1.54) is 51.5 Å². The average Bonchev–Trinajstić information content (AvgIpc) is 3.35. The number of aliphatic imine (C=N–C) groups is 1. The molecule has 0 bridgehead atoms. The molecule has 0 spiro atoms. The zero-order valence-corrected chi connectivity index (χ0v) is 15.6. The van der Waals surface area contributed by atoms with Crippen LogP contribution >= 0.6 is 0 Å². The average molecular weight is 327 g/mol. The molecule has 0 unspecified atom stereocenters.